The van der Waals surface area contributed by atoms with Gasteiger partial charge in [0.25, 0.3) is 0 Å². The Hall–Kier alpha value is -1.90. The molecule has 0 unspecified atom stereocenters. The van der Waals surface area contributed by atoms with E-state index in [1.54, 1.807) is 6.92 Å². The number of nitrogens with one attached hydrogen (secondary N) is 2. The molecular weight excluding hydrogens is 339 g/mol. The number of carboxylic acids is 1. The normalized spacial score (nSPS) is 10.2. The van der Waals surface area contributed by atoms with E-state index in [9.17, 15) is 9.59 Å². The summed E-state index contributed by atoms with van der Waals surface area (Å²) in [6.07, 6.45) is 0. The molecule has 21 heavy (non-hydrogen) atoms. The third-order valence-electron chi connectivity index (χ3n) is 2.27. The van der Waals surface area contributed by atoms with Gasteiger partial charge in [-0.3, -0.25) is 5.32 Å². The van der Waals surface area contributed by atoms with Gasteiger partial charge in [0.05, 0.1) is 21.3 Å². The molecule has 0 bridgehead atoms. The lowest BCUT2D eigenvalue weighted by atomic mass is 10.2. The number of benzene rings is 1. The van der Waals surface area contributed by atoms with E-state index >= 15 is 0 Å². The highest BCUT2D eigenvalue weighted by molar-refractivity contribution is 7.15. The number of halogens is 2. The number of aromatic nitrogens is 2. The van der Waals surface area contributed by atoms with Crippen molar-refractivity contribution in [3.05, 3.63) is 32.7 Å². The van der Waals surface area contributed by atoms with Crippen LogP contribution in [0.3, 0.4) is 0 Å². The van der Waals surface area contributed by atoms with Crippen molar-refractivity contribution in [1.29, 1.82) is 0 Å². The minimum Gasteiger partial charge on any atom is -0.478 e. The van der Waals surface area contributed by atoms with E-state index in [4.69, 9.17) is 28.3 Å². The molecule has 1 aromatic heterocycles. The van der Waals surface area contributed by atoms with Crippen LogP contribution in [0.2, 0.25) is 10.0 Å². The monoisotopic (exact) mass is 346 g/mol. The van der Waals surface area contributed by atoms with E-state index in [0.717, 1.165) is 0 Å². The number of urea groups is 1. The minimum atomic E-state index is -1.17. The molecule has 0 saturated carbocycles. The van der Waals surface area contributed by atoms with Gasteiger partial charge in [-0.2, -0.15) is 0 Å². The summed E-state index contributed by atoms with van der Waals surface area (Å²) in [5.41, 5.74) is 0.0396. The number of carbonyl (C=O) groups excluding carboxylic acids is 1. The molecule has 0 saturated heterocycles. The summed E-state index contributed by atoms with van der Waals surface area (Å²) in [7, 11) is 0. The Morgan fingerprint density at radius 3 is 2.29 bits per heavy atom. The van der Waals surface area contributed by atoms with E-state index in [0.29, 0.717) is 10.1 Å². The predicted octanol–water partition coefficient (Wildman–Crippen LogP) is 3.50. The van der Waals surface area contributed by atoms with E-state index in [-0.39, 0.29) is 21.3 Å². The third kappa shape index (κ3) is 3.81. The number of anilines is 2. The van der Waals surface area contributed by atoms with Crippen molar-refractivity contribution in [2.75, 3.05) is 10.6 Å². The fourth-order valence-corrected chi connectivity index (χ4v) is 2.57. The van der Waals surface area contributed by atoms with Crippen LogP contribution in [0, 0.1) is 6.92 Å². The molecule has 2 aromatic rings. The summed E-state index contributed by atoms with van der Waals surface area (Å²) < 4.78 is 0. The van der Waals surface area contributed by atoms with Crippen LogP contribution in [0.25, 0.3) is 0 Å². The lowest BCUT2D eigenvalue weighted by Crippen LogP contribution is -2.20. The molecule has 3 N–H and O–H groups in total. The van der Waals surface area contributed by atoms with E-state index < -0.39 is 12.0 Å². The van der Waals surface area contributed by atoms with E-state index in [1.165, 1.54) is 23.5 Å². The van der Waals surface area contributed by atoms with Crippen LogP contribution in [0.1, 0.15) is 15.4 Å². The maximum Gasteiger partial charge on any atom is 0.335 e. The second-order valence-corrected chi connectivity index (χ2v) is 5.82. The van der Waals surface area contributed by atoms with Crippen LogP contribution in [-0.4, -0.2) is 27.3 Å². The molecule has 2 rings (SSSR count). The smallest absolute Gasteiger partial charge is 0.335 e. The fourth-order valence-electron chi connectivity index (χ4n) is 1.40. The highest BCUT2D eigenvalue weighted by atomic mass is 35.5. The average molecular weight is 347 g/mol. The first-order chi connectivity index (χ1) is 9.86. The van der Waals surface area contributed by atoms with Crippen molar-refractivity contribution < 1.29 is 14.7 Å². The van der Waals surface area contributed by atoms with Crippen molar-refractivity contribution in [3.63, 3.8) is 0 Å². The Kier molecular flexibility index (Phi) is 4.61. The zero-order chi connectivity index (χ0) is 15.6. The molecule has 0 aliphatic heterocycles. The van der Waals surface area contributed by atoms with Crippen molar-refractivity contribution in [3.8, 4) is 0 Å². The molecule has 0 aliphatic rings. The van der Waals surface area contributed by atoms with Crippen molar-refractivity contribution in [2.24, 2.45) is 0 Å². The molecule has 0 spiro atoms. The zero-order valence-electron chi connectivity index (χ0n) is 10.5. The van der Waals surface area contributed by atoms with E-state index in [1.807, 2.05) is 0 Å². The maximum absolute atomic E-state index is 11.8. The summed E-state index contributed by atoms with van der Waals surface area (Å²) in [6.45, 7) is 1.75. The standard InChI is InChI=1S/C11H8Cl2N4O3S/c1-4-16-17-11(21-4)15-10(20)14-8-6(12)2-5(9(18)19)3-7(8)13/h2-3H,1H3,(H,18,19)(H2,14,15,17,20). The largest absolute Gasteiger partial charge is 0.478 e. The average Bonchev–Trinajstić information content (AvgIpc) is 2.78. The van der Waals surface area contributed by atoms with Crippen molar-refractivity contribution >= 4 is 57.4 Å². The molecule has 0 radical (unpaired) electrons. The van der Waals surface area contributed by atoms with Gasteiger partial charge >= 0.3 is 12.0 Å². The minimum absolute atomic E-state index is 0.0171. The molecule has 10 heteroatoms. The summed E-state index contributed by atoms with van der Waals surface area (Å²) in [6, 6.07) is 1.78. The van der Waals surface area contributed by atoms with Crippen LogP contribution in [-0.2, 0) is 0 Å². The number of carbonyl (C=O) groups is 2. The first kappa shape index (κ1) is 15.5. The lowest BCUT2D eigenvalue weighted by Gasteiger charge is -2.10. The molecule has 0 aliphatic carbocycles. The van der Waals surface area contributed by atoms with Gasteiger partial charge in [-0.1, -0.05) is 34.5 Å². The first-order valence-electron chi connectivity index (χ1n) is 5.47. The van der Waals surface area contributed by atoms with Crippen LogP contribution in [0.4, 0.5) is 15.6 Å². The number of rotatable bonds is 3. The van der Waals surface area contributed by atoms with E-state index in [2.05, 4.69) is 20.8 Å². The molecule has 0 fully saturated rings. The molecule has 1 heterocycles. The summed E-state index contributed by atoms with van der Waals surface area (Å²) in [4.78, 5) is 22.6. The van der Waals surface area contributed by atoms with Gasteiger partial charge in [0.15, 0.2) is 0 Å². The highest BCUT2D eigenvalue weighted by Crippen LogP contribution is 2.32. The SMILES string of the molecule is Cc1nnc(NC(=O)Nc2c(Cl)cc(C(=O)O)cc2Cl)s1. The summed E-state index contributed by atoms with van der Waals surface area (Å²) >= 11 is 13.0. The Balaban J connectivity index is 2.15. The Morgan fingerprint density at radius 2 is 1.81 bits per heavy atom. The van der Waals surface area contributed by atoms with Crippen LogP contribution >= 0.6 is 34.5 Å². The van der Waals surface area contributed by atoms with Crippen LogP contribution < -0.4 is 10.6 Å². The molecule has 0 atom stereocenters. The molecule has 2 amide bonds. The Labute approximate surface area is 132 Å². The first-order valence-corrected chi connectivity index (χ1v) is 7.04. The van der Waals surface area contributed by atoms with Gasteiger partial charge in [0.2, 0.25) is 5.13 Å². The Bertz CT molecular complexity index is 696. The summed E-state index contributed by atoms with van der Waals surface area (Å²) in [5, 5.41) is 22.3. The lowest BCUT2D eigenvalue weighted by molar-refractivity contribution is 0.0697. The Morgan fingerprint density at radius 1 is 1.19 bits per heavy atom. The number of nitrogens with zero attached hydrogens (tertiary/aromatic N) is 2. The van der Waals surface area contributed by atoms with Gasteiger partial charge in [-0.25, -0.2) is 9.59 Å². The fraction of sp³-hybridized carbons (Fsp3) is 0.0909. The second kappa shape index (κ2) is 6.25. The van der Waals surface area contributed by atoms with Gasteiger partial charge in [0, 0.05) is 0 Å². The number of aromatic carboxylic acids is 1. The zero-order valence-corrected chi connectivity index (χ0v) is 12.8. The van der Waals surface area contributed by atoms with Gasteiger partial charge in [0.1, 0.15) is 5.01 Å². The van der Waals surface area contributed by atoms with Crippen LogP contribution in [0.15, 0.2) is 12.1 Å². The molecule has 110 valence electrons. The highest BCUT2D eigenvalue weighted by Gasteiger charge is 2.15. The topological polar surface area (TPSA) is 104 Å². The van der Waals surface area contributed by atoms with Gasteiger partial charge in [-0.15, -0.1) is 10.2 Å². The summed E-state index contributed by atoms with van der Waals surface area (Å²) in [5.74, 6) is -1.17. The second-order valence-electron chi connectivity index (χ2n) is 3.83. The number of aryl methyl sites for hydroxylation is 1. The molecule has 7 nitrogen and oxygen atoms in total. The van der Waals surface area contributed by atoms with Gasteiger partial charge < -0.3 is 10.4 Å². The maximum atomic E-state index is 11.8. The third-order valence-corrected chi connectivity index (χ3v) is 3.62. The number of amides is 2. The predicted molar refractivity (Wildman–Crippen MR) is 80.7 cm³/mol. The van der Waals surface area contributed by atoms with Crippen molar-refractivity contribution in [2.45, 2.75) is 6.92 Å². The van der Waals surface area contributed by atoms with Crippen molar-refractivity contribution in [1.82, 2.24) is 10.2 Å². The van der Waals surface area contributed by atoms with Crippen LogP contribution in [0.5, 0.6) is 0 Å². The number of hydrogen-bond acceptors (Lipinski definition) is 5. The molecular formula is C11H8Cl2N4O3S. The number of carboxylic acid groups (broad SMARTS) is 1. The molecule has 1 aromatic carbocycles. The van der Waals surface area contributed by atoms with Gasteiger partial charge in [-0.05, 0) is 19.1 Å². The quantitative estimate of drug-likeness (QED) is 0.788. The number of hydrogen-bond donors (Lipinski definition) is 3.